The lowest BCUT2D eigenvalue weighted by molar-refractivity contribution is -0.137. The fraction of sp³-hybridized carbons (Fsp3) is 0.381. The molecule has 0 bridgehead atoms. The van der Waals surface area contributed by atoms with E-state index in [-0.39, 0.29) is 17.4 Å². The molecule has 0 spiro atoms. The molecule has 6 nitrogen and oxygen atoms in total. The van der Waals surface area contributed by atoms with Crippen molar-refractivity contribution in [2.75, 3.05) is 17.9 Å². The molecule has 0 fully saturated rings. The standard InChI is InChI=1S/C21H27ClN2O4S/c1-24-18-9-6-5-8-16(18)21(23-13-7-3-2-4-10-20(25)26)17-12-11-15(22)14-19(17)29(24,27)28/h5-6,8-9,11-12,14,21,23,27-28H,2-4,7,10,13H2,1H3,(H,25,26)/p-2. The summed E-state index contributed by atoms with van der Waals surface area (Å²) in [6, 6.07) is 12.2. The first-order valence-electron chi connectivity index (χ1n) is 9.65. The Kier molecular flexibility index (Phi) is 7.08. The van der Waals surface area contributed by atoms with E-state index in [0.717, 1.165) is 24.8 Å². The Bertz CT molecular complexity index is 878. The van der Waals surface area contributed by atoms with Crippen LogP contribution in [0.5, 0.6) is 0 Å². The summed E-state index contributed by atoms with van der Waals surface area (Å²) in [6.07, 6.45) is 3.52. The van der Waals surface area contributed by atoms with Gasteiger partial charge in [-0.3, -0.25) is 4.79 Å². The Morgan fingerprint density at radius 2 is 1.86 bits per heavy atom. The number of fused-ring (bicyclic) bond motifs is 2. The predicted molar refractivity (Wildman–Crippen MR) is 114 cm³/mol. The summed E-state index contributed by atoms with van der Waals surface area (Å²) < 4.78 is 27.7. The van der Waals surface area contributed by atoms with Crippen LogP contribution in [0.15, 0.2) is 47.4 Å². The van der Waals surface area contributed by atoms with Gasteiger partial charge in [0.05, 0.1) is 11.7 Å². The number of anilines is 1. The fourth-order valence-electron chi connectivity index (χ4n) is 3.65. The SMILES string of the molecule is CN1c2ccccc2C(NCCCCCCC(=O)O)c2ccc(Cl)cc2S1([O-])[O-]. The molecule has 29 heavy (non-hydrogen) atoms. The van der Waals surface area contributed by atoms with E-state index in [9.17, 15) is 13.9 Å². The summed E-state index contributed by atoms with van der Waals surface area (Å²) in [7, 11) is -2.16. The van der Waals surface area contributed by atoms with E-state index < -0.39 is 16.7 Å². The predicted octanol–water partition coefficient (Wildman–Crippen LogP) is 4.84. The van der Waals surface area contributed by atoms with Gasteiger partial charge in [-0.15, -0.1) is 0 Å². The molecule has 1 aliphatic rings. The highest BCUT2D eigenvalue weighted by molar-refractivity contribution is 8.25. The molecule has 158 valence electrons. The number of nitrogens with one attached hydrogen (secondary N) is 1. The first-order valence-corrected chi connectivity index (χ1v) is 11.5. The van der Waals surface area contributed by atoms with Crippen molar-refractivity contribution >= 4 is 34.0 Å². The van der Waals surface area contributed by atoms with Gasteiger partial charge < -0.3 is 34.6 Å². The lowest BCUT2D eigenvalue weighted by Gasteiger charge is -2.65. The number of nitrogens with zero attached hydrogens (tertiary/aromatic N) is 1. The molecule has 0 amide bonds. The minimum absolute atomic E-state index is 0.196. The highest BCUT2D eigenvalue weighted by Crippen LogP contribution is 2.58. The van der Waals surface area contributed by atoms with Crippen LogP contribution in [-0.4, -0.2) is 33.8 Å². The summed E-state index contributed by atoms with van der Waals surface area (Å²) in [5.41, 5.74) is 2.21. The minimum Gasteiger partial charge on any atom is -0.779 e. The summed E-state index contributed by atoms with van der Waals surface area (Å²) >= 11 is 6.12. The number of carbonyl (C=O) groups is 1. The van der Waals surface area contributed by atoms with Crippen molar-refractivity contribution in [3.8, 4) is 0 Å². The van der Waals surface area contributed by atoms with Gasteiger partial charge in [-0.2, -0.15) is 0 Å². The largest absolute Gasteiger partial charge is 0.779 e. The topological polar surface area (TPSA) is 98.7 Å². The maximum absolute atomic E-state index is 13.2. The van der Waals surface area contributed by atoms with Crippen molar-refractivity contribution in [1.29, 1.82) is 0 Å². The highest BCUT2D eigenvalue weighted by atomic mass is 35.5. The molecule has 0 aliphatic carbocycles. The van der Waals surface area contributed by atoms with Gasteiger partial charge in [-0.1, -0.05) is 48.7 Å². The zero-order chi connectivity index (χ0) is 21.0. The van der Waals surface area contributed by atoms with E-state index in [1.807, 2.05) is 18.2 Å². The Morgan fingerprint density at radius 3 is 2.62 bits per heavy atom. The maximum atomic E-state index is 13.2. The smallest absolute Gasteiger partial charge is 0.303 e. The van der Waals surface area contributed by atoms with Crippen LogP contribution in [-0.2, 0) is 4.79 Å². The van der Waals surface area contributed by atoms with E-state index >= 15 is 0 Å². The van der Waals surface area contributed by atoms with Crippen molar-refractivity contribution in [1.82, 2.24) is 5.32 Å². The Labute approximate surface area is 178 Å². The van der Waals surface area contributed by atoms with Gasteiger partial charge >= 0.3 is 5.97 Å². The second-order valence-electron chi connectivity index (χ2n) is 7.16. The van der Waals surface area contributed by atoms with Crippen LogP contribution in [0.25, 0.3) is 0 Å². The number of unbranched alkanes of at least 4 members (excludes halogenated alkanes) is 3. The monoisotopic (exact) mass is 436 g/mol. The second kappa shape index (κ2) is 9.36. The molecule has 0 saturated carbocycles. The number of carboxylic acid groups (broad SMARTS) is 1. The summed E-state index contributed by atoms with van der Waals surface area (Å²) in [5, 5.41) is 12.6. The Balaban J connectivity index is 1.83. The van der Waals surface area contributed by atoms with Gasteiger partial charge in [0, 0.05) is 23.4 Å². The lowest BCUT2D eigenvalue weighted by atomic mass is 9.96. The lowest BCUT2D eigenvalue weighted by Crippen LogP contribution is -2.24. The van der Waals surface area contributed by atoms with E-state index in [2.05, 4.69) is 5.32 Å². The molecule has 8 heteroatoms. The molecule has 0 radical (unpaired) electrons. The normalized spacial score (nSPS) is 18.5. The third-order valence-electron chi connectivity index (χ3n) is 5.18. The average molecular weight is 437 g/mol. The number of sulfonamides is 1. The van der Waals surface area contributed by atoms with Crippen molar-refractivity contribution in [3.63, 3.8) is 0 Å². The number of aliphatic carboxylic acids is 1. The molecule has 3 rings (SSSR count). The van der Waals surface area contributed by atoms with Gasteiger partial charge in [0.25, 0.3) is 0 Å². The van der Waals surface area contributed by atoms with Crippen LogP contribution < -0.4 is 9.62 Å². The van der Waals surface area contributed by atoms with Gasteiger partial charge in [-0.05, 0) is 48.7 Å². The molecular formula is C21H25ClN2O4S-2. The molecule has 2 aromatic rings. The third kappa shape index (κ3) is 4.87. The third-order valence-corrected chi connectivity index (χ3v) is 7.24. The minimum atomic E-state index is -3.72. The summed E-state index contributed by atoms with van der Waals surface area (Å²) in [6.45, 7) is 0.692. The van der Waals surface area contributed by atoms with E-state index in [0.29, 0.717) is 29.2 Å². The average Bonchev–Trinajstić information content (AvgIpc) is 2.75. The Hall–Kier alpha value is -1.77. The summed E-state index contributed by atoms with van der Waals surface area (Å²) in [5.74, 6) is -0.765. The molecule has 1 unspecified atom stereocenters. The van der Waals surface area contributed by atoms with E-state index in [4.69, 9.17) is 16.7 Å². The number of rotatable bonds is 8. The van der Waals surface area contributed by atoms with Gasteiger partial charge in [0.2, 0.25) is 0 Å². The molecule has 0 aromatic heterocycles. The molecular weight excluding hydrogens is 412 g/mol. The molecule has 1 aliphatic heterocycles. The van der Waals surface area contributed by atoms with Crippen LogP contribution in [0.3, 0.4) is 0 Å². The zero-order valence-electron chi connectivity index (χ0n) is 16.3. The zero-order valence-corrected chi connectivity index (χ0v) is 17.8. The number of carboxylic acids is 1. The second-order valence-corrected chi connectivity index (χ2v) is 9.53. The van der Waals surface area contributed by atoms with Crippen LogP contribution >= 0.6 is 22.4 Å². The number of halogens is 1. The molecule has 2 N–H and O–H groups in total. The quantitative estimate of drug-likeness (QED) is 0.574. The van der Waals surface area contributed by atoms with Crippen molar-refractivity contribution < 1.29 is 19.0 Å². The highest BCUT2D eigenvalue weighted by Gasteiger charge is 2.27. The van der Waals surface area contributed by atoms with E-state index in [1.54, 1.807) is 25.2 Å². The first-order chi connectivity index (χ1) is 13.8. The Morgan fingerprint density at radius 1 is 1.14 bits per heavy atom. The fourth-order valence-corrected chi connectivity index (χ4v) is 5.37. The molecule has 1 heterocycles. The van der Waals surface area contributed by atoms with Gasteiger partial charge in [0.1, 0.15) is 0 Å². The molecule has 0 saturated heterocycles. The van der Waals surface area contributed by atoms with Gasteiger partial charge in [-0.25, -0.2) is 0 Å². The number of benzene rings is 2. The van der Waals surface area contributed by atoms with Gasteiger partial charge in [0.15, 0.2) is 0 Å². The molecule has 1 atom stereocenters. The van der Waals surface area contributed by atoms with Crippen molar-refractivity contribution in [2.45, 2.75) is 43.0 Å². The maximum Gasteiger partial charge on any atom is 0.303 e. The summed E-state index contributed by atoms with van der Waals surface area (Å²) in [4.78, 5) is 10.8. The van der Waals surface area contributed by atoms with Crippen LogP contribution in [0, 0.1) is 0 Å². The number of para-hydroxylation sites is 1. The van der Waals surface area contributed by atoms with Crippen molar-refractivity contribution in [3.05, 3.63) is 58.6 Å². The molecule has 2 aromatic carbocycles. The van der Waals surface area contributed by atoms with Crippen molar-refractivity contribution in [2.24, 2.45) is 0 Å². The number of hydrogen-bond acceptors (Lipinski definition) is 5. The first kappa shape index (κ1) is 21.9. The van der Waals surface area contributed by atoms with Crippen LogP contribution in [0.2, 0.25) is 5.02 Å². The van der Waals surface area contributed by atoms with Crippen LogP contribution in [0.1, 0.15) is 49.3 Å². The van der Waals surface area contributed by atoms with E-state index in [1.165, 1.54) is 10.4 Å². The van der Waals surface area contributed by atoms with Crippen LogP contribution in [0.4, 0.5) is 5.69 Å². The number of hydrogen-bond donors (Lipinski definition) is 2.